The summed E-state index contributed by atoms with van der Waals surface area (Å²) in [6, 6.07) is 10.3. The Bertz CT molecular complexity index is 459. The monoisotopic (exact) mass is 295 g/mol. The van der Waals surface area contributed by atoms with Crippen LogP contribution in [0.5, 0.6) is 0 Å². The van der Waals surface area contributed by atoms with Gasteiger partial charge in [-0.3, -0.25) is 4.79 Å². The Morgan fingerprint density at radius 3 is 2.45 bits per heavy atom. The van der Waals surface area contributed by atoms with Crippen LogP contribution in [0.2, 0.25) is 0 Å². The second-order valence-electron chi connectivity index (χ2n) is 5.35. The maximum atomic E-state index is 12.8. The van der Waals surface area contributed by atoms with Crippen molar-refractivity contribution in [3.8, 4) is 0 Å². The summed E-state index contributed by atoms with van der Waals surface area (Å²) in [7, 11) is 0. The molecule has 3 rings (SSSR count). The van der Waals surface area contributed by atoms with Crippen LogP contribution in [0.1, 0.15) is 19.8 Å². The minimum Gasteiger partial charge on any atom is -0.339 e. The van der Waals surface area contributed by atoms with Crippen molar-refractivity contribution in [2.75, 3.05) is 31.2 Å². The van der Waals surface area contributed by atoms with Gasteiger partial charge in [0, 0.05) is 12.2 Å². The molecule has 1 N–H and O–H groups in total. The minimum absolute atomic E-state index is 0. The highest BCUT2D eigenvalue weighted by atomic mass is 35.5. The molecule has 2 heterocycles. The van der Waals surface area contributed by atoms with Crippen molar-refractivity contribution >= 4 is 24.0 Å². The maximum Gasteiger partial charge on any atom is 0.250 e. The van der Waals surface area contributed by atoms with Crippen LogP contribution in [0.4, 0.5) is 5.69 Å². The molecular weight excluding hydrogens is 274 g/mol. The number of piperidine rings is 1. The van der Waals surface area contributed by atoms with Crippen molar-refractivity contribution in [2.45, 2.75) is 25.3 Å². The zero-order valence-electron chi connectivity index (χ0n) is 11.8. The van der Waals surface area contributed by atoms with Gasteiger partial charge in [-0.2, -0.15) is 0 Å². The summed E-state index contributed by atoms with van der Waals surface area (Å²) in [6.45, 7) is 5.41. The second-order valence-corrected chi connectivity index (χ2v) is 5.35. The van der Waals surface area contributed by atoms with E-state index in [1.807, 2.05) is 23.1 Å². The topological polar surface area (TPSA) is 35.6 Å². The number of halogens is 1. The predicted octanol–water partition coefficient (Wildman–Crippen LogP) is 1.86. The van der Waals surface area contributed by atoms with Gasteiger partial charge in [0.2, 0.25) is 5.91 Å². The third-order valence-electron chi connectivity index (χ3n) is 4.39. The number of carbonyl (C=O) groups excluding carboxylic acids is 1. The SMILES string of the molecule is CCN1CN(c2ccccc2)C2(CCNCC2)C1=O.Cl. The molecular formula is C15H22ClN3O. The van der Waals surface area contributed by atoms with Gasteiger partial charge in [-0.1, -0.05) is 18.2 Å². The lowest BCUT2D eigenvalue weighted by atomic mass is 9.86. The molecule has 0 radical (unpaired) electrons. The fourth-order valence-electron chi connectivity index (χ4n) is 3.28. The average molecular weight is 296 g/mol. The number of nitrogens with zero attached hydrogens (tertiary/aromatic N) is 2. The Labute approximate surface area is 126 Å². The van der Waals surface area contributed by atoms with Crippen molar-refractivity contribution in [2.24, 2.45) is 0 Å². The van der Waals surface area contributed by atoms with Crippen LogP contribution in [-0.4, -0.2) is 42.6 Å². The highest BCUT2D eigenvalue weighted by molar-refractivity contribution is 5.93. The zero-order valence-corrected chi connectivity index (χ0v) is 12.7. The summed E-state index contributed by atoms with van der Waals surface area (Å²) in [5.41, 5.74) is 0.844. The van der Waals surface area contributed by atoms with Crippen LogP contribution in [0.15, 0.2) is 30.3 Å². The van der Waals surface area contributed by atoms with E-state index in [0.717, 1.165) is 44.8 Å². The van der Waals surface area contributed by atoms with E-state index in [2.05, 4.69) is 29.3 Å². The van der Waals surface area contributed by atoms with Crippen LogP contribution >= 0.6 is 12.4 Å². The fourth-order valence-corrected chi connectivity index (χ4v) is 3.28. The largest absolute Gasteiger partial charge is 0.339 e. The number of nitrogens with one attached hydrogen (secondary N) is 1. The van der Waals surface area contributed by atoms with Crippen molar-refractivity contribution in [3.63, 3.8) is 0 Å². The quantitative estimate of drug-likeness (QED) is 0.904. The molecule has 1 aromatic carbocycles. The van der Waals surface area contributed by atoms with Crippen LogP contribution in [0.3, 0.4) is 0 Å². The number of rotatable bonds is 2. The summed E-state index contributed by atoms with van der Waals surface area (Å²) in [5, 5.41) is 3.36. The maximum absolute atomic E-state index is 12.8. The van der Waals surface area contributed by atoms with Crippen LogP contribution < -0.4 is 10.2 Å². The molecule has 0 bridgehead atoms. The Morgan fingerprint density at radius 1 is 1.20 bits per heavy atom. The lowest BCUT2D eigenvalue weighted by Crippen LogP contribution is -2.55. The van der Waals surface area contributed by atoms with Gasteiger partial charge < -0.3 is 15.1 Å². The third-order valence-corrected chi connectivity index (χ3v) is 4.39. The number of carbonyl (C=O) groups is 1. The lowest BCUT2D eigenvalue weighted by Gasteiger charge is -2.40. The van der Waals surface area contributed by atoms with Gasteiger partial charge in [0.15, 0.2) is 0 Å². The summed E-state index contributed by atoms with van der Waals surface area (Å²) < 4.78 is 0. The van der Waals surface area contributed by atoms with Crippen LogP contribution in [0, 0.1) is 0 Å². The molecule has 0 saturated carbocycles. The molecule has 1 aromatic rings. The molecule has 0 atom stereocenters. The van der Waals surface area contributed by atoms with Gasteiger partial charge in [0.05, 0.1) is 6.67 Å². The number of para-hydroxylation sites is 1. The number of benzene rings is 1. The van der Waals surface area contributed by atoms with Crippen molar-refractivity contribution in [3.05, 3.63) is 30.3 Å². The van der Waals surface area contributed by atoms with Crippen molar-refractivity contribution in [1.29, 1.82) is 0 Å². The van der Waals surface area contributed by atoms with E-state index < -0.39 is 0 Å². The second kappa shape index (κ2) is 6.02. The smallest absolute Gasteiger partial charge is 0.250 e. The summed E-state index contributed by atoms with van der Waals surface area (Å²) in [4.78, 5) is 17.0. The Hall–Kier alpha value is -1.26. The first-order valence-corrected chi connectivity index (χ1v) is 7.11. The predicted molar refractivity (Wildman–Crippen MR) is 83.3 cm³/mol. The number of hydrogen-bond donors (Lipinski definition) is 1. The number of hydrogen-bond acceptors (Lipinski definition) is 3. The van der Waals surface area contributed by atoms with Gasteiger partial charge in [-0.25, -0.2) is 0 Å². The van der Waals surface area contributed by atoms with Crippen LogP contribution in [-0.2, 0) is 4.79 Å². The normalized spacial score (nSPS) is 21.1. The Kier molecular flexibility index (Phi) is 4.55. The van der Waals surface area contributed by atoms with E-state index in [9.17, 15) is 4.79 Å². The molecule has 0 aromatic heterocycles. The van der Waals surface area contributed by atoms with Crippen LogP contribution in [0.25, 0.3) is 0 Å². The number of anilines is 1. The molecule has 2 aliphatic heterocycles. The molecule has 110 valence electrons. The molecule has 4 nitrogen and oxygen atoms in total. The first-order valence-electron chi connectivity index (χ1n) is 7.11. The molecule has 5 heteroatoms. The number of amides is 1. The highest BCUT2D eigenvalue weighted by Gasteiger charge is 2.52. The highest BCUT2D eigenvalue weighted by Crippen LogP contribution is 2.37. The lowest BCUT2D eigenvalue weighted by molar-refractivity contribution is -0.132. The van der Waals surface area contributed by atoms with E-state index in [-0.39, 0.29) is 17.9 Å². The van der Waals surface area contributed by atoms with E-state index in [4.69, 9.17) is 0 Å². The molecule has 2 aliphatic rings. The zero-order chi connectivity index (χ0) is 13.3. The van der Waals surface area contributed by atoms with E-state index in [0.29, 0.717) is 5.91 Å². The molecule has 1 spiro atoms. The van der Waals surface area contributed by atoms with Gasteiger partial charge >= 0.3 is 0 Å². The van der Waals surface area contributed by atoms with E-state index >= 15 is 0 Å². The summed E-state index contributed by atoms with van der Waals surface area (Å²) in [6.07, 6.45) is 1.80. The fraction of sp³-hybridized carbons (Fsp3) is 0.533. The van der Waals surface area contributed by atoms with Crippen molar-refractivity contribution < 1.29 is 4.79 Å². The molecule has 0 aliphatic carbocycles. The first-order chi connectivity index (χ1) is 9.28. The Morgan fingerprint density at radius 2 is 1.85 bits per heavy atom. The molecule has 20 heavy (non-hydrogen) atoms. The van der Waals surface area contributed by atoms with E-state index in [1.165, 1.54) is 0 Å². The average Bonchev–Trinajstić information content (AvgIpc) is 2.74. The van der Waals surface area contributed by atoms with E-state index in [1.54, 1.807) is 0 Å². The third kappa shape index (κ3) is 2.27. The summed E-state index contributed by atoms with van der Waals surface area (Å²) in [5.74, 6) is 0.306. The van der Waals surface area contributed by atoms with Gasteiger partial charge in [-0.05, 0) is 45.0 Å². The standard InChI is InChI=1S/C15H21N3O.ClH/c1-2-17-12-18(13-6-4-3-5-7-13)15(14(17)19)8-10-16-11-9-15;/h3-7,16H,2,8-12H2,1H3;1H. The van der Waals surface area contributed by atoms with Gasteiger partial charge in [0.1, 0.15) is 5.54 Å². The van der Waals surface area contributed by atoms with Gasteiger partial charge in [-0.15, -0.1) is 12.4 Å². The molecule has 2 saturated heterocycles. The molecule has 1 amide bonds. The number of likely N-dealkylation sites (N-methyl/N-ethyl adjacent to an activating group) is 1. The Balaban J connectivity index is 0.00000147. The minimum atomic E-state index is -0.317. The van der Waals surface area contributed by atoms with Gasteiger partial charge in [0.25, 0.3) is 0 Å². The molecule has 0 unspecified atom stereocenters. The molecule has 2 fully saturated rings. The van der Waals surface area contributed by atoms with Crippen molar-refractivity contribution in [1.82, 2.24) is 10.2 Å². The summed E-state index contributed by atoms with van der Waals surface area (Å²) >= 11 is 0. The first kappa shape index (κ1) is 15.1.